The molecular formula is C13H16BrN3O2S. The number of hydrogen-bond acceptors (Lipinski definition) is 3. The molecule has 2 aromatic rings. The Morgan fingerprint density at radius 3 is 2.70 bits per heavy atom. The van der Waals surface area contributed by atoms with E-state index in [0.717, 1.165) is 15.7 Å². The van der Waals surface area contributed by atoms with Gasteiger partial charge >= 0.3 is 0 Å². The van der Waals surface area contributed by atoms with Crippen LogP contribution in [0.2, 0.25) is 0 Å². The number of halogens is 1. The van der Waals surface area contributed by atoms with Crippen molar-refractivity contribution in [1.82, 2.24) is 15.0 Å². The fraction of sp³-hybridized carbons (Fsp3) is 0.231. The van der Waals surface area contributed by atoms with Gasteiger partial charge in [-0.05, 0) is 24.7 Å². The van der Waals surface area contributed by atoms with Gasteiger partial charge in [0.1, 0.15) is 0 Å². The molecule has 7 heteroatoms. The molecule has 1 aromatic carbocycles. The molecule has 0 fully saturated rings. The Hall–Kier alpha value is -1.15. The molecule has 0 saturated heterocycles. The van der Waals surface area contributed by atoms with Gasteiger partial charge in [-0.25, -0.2) is 13.1 Å². The number of aromatic amines is 1. The minimum absolute atomic E-state index is 0.245. The lowest BCUT2D eigenvalue weighted by atomic mass is 10.2. The molecule has 0 aliphatic carbocycles. The number of rotatable bonds is 6. The van der Waals surface area contributed by atoms with Crippen molar-refractivity contribution in [2.45, 2.75) is 18.0 Å². The van der Waals surface area contributed by atoms with Crippen molar-refractivity contribution < 1.29 is 8.42 Å². The highest BCUT2D eigenvalue weighted by molar-refractivity contribution is 9.10. The summed E-state index contributed by atoms with van der Waals surface area (Å²) in [7, 11) is -1.70. The number of nitrogens with one attached hydrogen (secondary N) is 3. The summed E-state index contributed by atoms with van der Waals surface area (Å²) in [6.45, 7) is 0.843. The maximum absolute atomic E-state index is 12.2. The summed E-state index contributed by atoms with van der Waals surface area (Å²) in [5.74, 6) is 0. The number of H-pyrrole nitrogens is 1. The zero-order valence-corrected chi connectivity index (χ0v) is 13.4. The second-order valence-electron chi connectivity index (χ2n) is 4.31. The minimum Gasteiger partial charge on any atom is -0.363 e. The van der Waals surface area contributed by atoms with Gasteiger partial charge in [0.2, 0.25) is 10.0 Å². The van der Waals surface area contributed by atoms with Gasteiger partial charge in [0.25, 0.3) is 0 Å². The van der Waals surface area contributed by atoms with Crippen molar-refractivity contribution in [2.24, 2.45) is 0 Å². The number of benzene rings is 1. The number of hydrogen-bond donors (Lipinski definition) is 3. The first kappa shape index (κ1) is 15.2. The van der Waals surface area contributed by atoms with Gasteiger partial charge in [0.15, 0.2) is 0 Å². The van der Waals surface area contributed by atoms with E-state index in [1.807, 2.05) is 24.3 Å². The molecule has 2 rings (SSSR count). The van der Waals surface area contributed by atoms with Crippen molar-refractivity contribution in [2.75, 3.05) is 7.05 Å². The summed E-state index contributed by atoms with van der Waals surface area (Å²) in [4.78, 5) is 3.18. The first-order chi connectivity index (χ1) is 9.53. The highest BCUT2D eigenvalue weighted by atomic mass is 79.9. The molecule has 0 unspecified atom stereocenters. The van der Waals surface area contributed by atoms with Gasteiger partial charge in [0.05, 0.1) is 4.90 Å². The molecule has 108 valence electrons. The van der Waals surface area contributed by atoms with Crippen LogP contribution in [-0.4, -0.2) is 20.4 Å². The van der Waals surface area contributed by atoms with Gasteiger partial charge in [-0.3, -0.25) is 0 Å². The van der Waals surface area contributed by atoms with Crippen LogP contribution in [-0.2, 0) is 23.1 Å². The normalized spacial score (nSPS) is 11.7. The lowest BCUT2D eigenvalue weighted by molar-refractivity contribution is 0.581. The molecule has 0 amide bonds. The maximum Gasteiger partial charge on any atom is 0.242 e. The molecule has 5 nitrogen and oxygen atoms in total. The standard InChI is InChI=1S/C13H16BrN3O2S/c1-15-8-11-6-12(9-16-11)20(18,19)17-7-10-4-2-3-5-13(10)14/h2-6,9,15-17H,7-8H2,1H3. The number of sulfonamides is 1. The Labute approximate surface area is 127 Å². The summed E-state index contributed by atoms with van der Waals surface area (Å²) in [6.07, 6.45) is 1.50. The molecule has 0 saturated carbocycles. The van der Waals surface area contributed by atoms with Crippen LogP contribution < -0.4 is 10.0 Å². The van der Waals surface area contributed by atoms with Crippen LogP contribution in [0.5, 0.6) is 0 Å². The quantitative estimate of drug-likeness (QED) is 0.739. The summed E-state index contributed by atoms with van der Waals surface area (Å²) in [5, 5.41) is 2.96. The molecule has 3 N–H and O–H groups in total. The molecule has 1 heterocycles. The van der Waals surface area contributed by atoms with Crippen LogP contribution in [0.1, 0.15) is 11.3 Å². The third-order valence-electron chi connectivity index (χ3n) is 2.80. The topological polar surface area (TPSA) is 74.0 Å². The SMILES string of the molecule is CNCc1cc(S(=O)(=O)NCc2ccccc2Br)c[nH]1. The molecule has 0 radical (unpaired) electrons. The predicted molar refractivity (Wildman–Crippen MR) is 81.7 cm³/mol. The summed E-state index contributed by atoms with van der Waals surface area (Å²) in [5.41, 5.74) is 1.72. The molecular weight excluding hydrogens is 342 g/mol. The van der Waals surface area contributed by atoms with Gasteiger partial charge in [0, 0.05) is 29.5 Å². The van der Waals surface area contributed by atoms with Crippen LogP contribution in [0.15, 0.2) is 45.9 Å². The van der Waals surface area contributed by atoms with Crippen LogP contribution in [0.25, 0.3) is 0 Å². The van der Waals surface area contributed by atoms with Gasteiger partial charge in [-0.1, -0.05) is 34.1 Å². The molecule has 0 aliphatic rings. The Morgan fingerprint density at radius 1 is 1.25 bits per heavy atom. The monoisotopic (exact) mass is 357 g/mol. The first-order valence-electron chi connectivity index (χ1n) is 6.08. The Kier molecular flexibility index (Phi) is 4.98. The van der Waals surface area contributed by atoms with E-state index in [9.17, 15) is 8.42 Å². The van der Waals surface area contributed by atoms with E-state index in [2.05, 4.69) is 31.0 Å². The summed E-state index contributed by atoms with van der Waals surface area (Å²) in [6, 6.07) is 9.13. The van der Waals surface area contributed by atoms with E-state index < -0.39 is 10.0 Å². The van der Waals surface area contributed by atoms with E-state index in [4.69, 9.17) is 0 Å². The van der Waals surface area contributed by atoms with Crippen LogP contribution in [0.4, 0.5) is 0 Å². The van der Waals surface area contributed by atoms with Crippen molar-refractivity contribution in [3.05, 3.63) is 52.3 Å². The lowest BCUT2D eigenvalue weighted by Crippen LogP contribution is -2.23. The second kappa shape index (κ2) is 6.53. The summed E-state index contributed by atoms with van der Waals surface area (Å²) >= 11 is 3.40. The maximum atomic E-state index is 12.2. The van der Waals surface area contributed by atoms with Crippen LogP contribution in [0.3, 0.4) is 0 Å². The Morgan fingerprint density at radius 2 is 2.00 bits per heavy atom. The van der Waals surface area contributed by atoms with Gasteiger partial charge in [-0.15, -0.1) is 0 Å². The lowest BCUT2D eigenvalue weighted by Gasteiger charge is -2.06. The minimum atomic E-state index is -3.50. The van der Waals surface area contributed by atoms with Crippen molar-refractivity contribution in [3.8, 4) is 0 Å². The third-order valence-corrected chi connectivity index (χ3v) is 4.96. The Balaban J connectivity index is 2.09. The highest BCUT2D eigenvalue weighted by Gasteiger charge is 2.16. The second-order valence-corrected chi connectivity index (χ2v) is 6.93. The first-order valence-corrected chi connectivity index (χ1v) is 8.35. The zero-order chi connectivity index (χ0) is 14.6. The van der Waals surface area contributed by atoms with E-state index >= 15 is 0 Å². The third kappa shape index (κ3) is 3.69. The highest BCUT2D eigenvalue weighted by Crippen LogP contribution is 2.17. The van der Waals surface area contributed by atoms with Gasteiger partial charge in [-0.2, -0.15) is 0 Å². The molecule has 0 atom stereocenters. The van der Waals surface area contributed by atoms with Crippen molar-refractivity contribution in [3.63, 3.8) is 0 Å². The van der Waals surface area contributed by atoms with E-state index in [1.165, 1.54) is 6.20 Å². The molecule has 20 heavy (non-hydrogen) atoms. The van der Waals surface area contributed by atoms with Crippen LogP contribution in [0, 0.1) is 0 Å². The summed E-state index contributed by atoms with van der Waals surface area (Å²) < 4.78 is 27.8. The largest absolute Gasteiger partial charge is 0.363 e. The fourth-order valence-electron chi connectivity index (χ4n) is 1.76. The van der Waals surface area contributed by atoms with Crippen LogP contribution >= 0.6 is 15.9 Å². The number of aromatic nitrogens is 1. The van der Waals surface area contributed by atoms with E-state index in [-0.39, 0.29) is 11.4 Å². The Bertz CT molecular complexity index is 682. The smallest absolute Gasteiger partial charge is 0.242 e. The average Bonchev–Trinajstić information content (AvgIpc) is 2.88. The van der Waals surface area contributed by atoms with Gasteiger partial charge < -0.3 is 10.3 Å². The van der Waals surface area contributed by atoms with E-state index in [0.29, 0.717) is 6.54 Å². The predicted octanol–water partition coefficient (Wildman–Crippen LogP) is 1.98. The molecule has 0 aliphatic heterocycles. The average molecular weight is 358 g/mol. The molecule has 1 aromatic heterocycles. The van der Waals surface area contributed by atoms with Crippen molar-refractivity contribution >= 4 is 26.0 Å². The zero-order valence-electron chi connectivity index (χ0n) is 11.0. The fourth-order valence-corrected chi connectivity index (χ4v) is 3.21. The van der Waals surface area contributed by atoms with Crippen molar-refractivity contribution in [1.29, 1.82) is 0 Å². The molecule has 0 spiro atoms. The van der Waals surface area contributed by atoms with E-state index in [1.54, 1.807) is 13.1 Å². The molecule has 0 bridgehead atoms.